The molecule has 0 aromatic carbocycles. The normalized spacial score (nSPS) is 26.1. The quantitative estimate of drug-likeness (QED) is 0.799. The lowest BCUT2D eigenvalue weighted by molar-refractivity contribution is -0.144. The Hall–Kier alpha value is -0.610. The third kappa shape index (κ3) is 3.23. The Morgan fingerprint density at radius 2 is 1.89 bits per heavy atom. The molecule has 0 radical (unpaired) electrons. The first kappa shape index (κ1) is 13.8. The number of nitrogens with zero attached hydrogens (tertiary/aromatic N) is 1. The minimum atomic E-state index is -0.599. The van der Waals surface area contributed by atoms with Crippen LogP contribution in [0.5, 0.6) is 0 Å². The SMILES string of the molecule is CCC(C(=O)O)C1CCN(C2CCNCC2)CC1. The molecule has 18 heavy (non-hydrogen) atoms. The summed E-state index contributed by atoms with van der Waals surface area (Å²) in [5.74, 6) is -0.330. The van der Waals surface area contributed by atoms with Crippen LogP contribution in [0.1, 0.15) is 39.0 Å². The molecule has 2 aliphatic rings. The van der Waals surface area contributed by atoms with Gasteiger partial charge in [-0.3, -0.25) is 4.79 Å². The summed E-state index contributed by atoms with van der Waals surface area (Å²) in [6, 6.07) is 0.733. The van der Waals surface area contributed by atoms with Crippen molar-refractivity contribution in [3.05, 3.63) is 0 Å². The highest BCUT2D eigenvalue weighted by atomic mass is 16.4. The van der Waals surface area contributed by atoms with E-state index in [-0.39, 0.29) is 5.92 Å². The van der Waals surface area contributed by atoms with Crippen molar-refractivity contribution < 1.29 is 9.90 Å². The van der Waals surface area contributed by atoms with Gasteiger partial charge < -0.3 is 15.3 Å². The van der Waals surface area contributed by atoms with Gasteiger partial charge in [0.25, 0.3) is 0 Å². The molecule has 2 rings (SSSR count). The summed E-state index contributed by atoms with van der Waals surface area (Å²) in [6.45, 7) is 6.46. The van der Waals surface area contributed by atoms with Crippen LogP contribution in [0.4, 0.5) is 0 Å². The van der Waals surface area contributed by atoms with Crippen molar-refractivity contribution in [2.24, 2.45) is 11.8 Å². The van der Waals surface area contributed by atoms with Crippen molar-refractivity contribution in [2.45, 2.75) is 45.1 Å². The third-order valence-corrected chi connectivity index (χ3v) is 4.73. The minimum Gasteiger partial charge on any atom is -0.481 e. The second-order valence-corrected chi connectivity index (χ2v) is 5.71. The molecule has 0 spiro atoms. The van der Waals surface area contributed by atoms with Crippen LogP contribution >= 0.6 is 0 Å². The Kier molecular flexibility index (Phi) is 5.01. The molecule has 104 valence electrons. The topological polar surface area (TPSA) is 52.6 Å². The molecule has 0 aromatic rings. The molecular formula is C14H26N2O2. The first-order valence-electron chi connectivity index (χ1n) is 7.40. The highest BCUT2D eigenvalue weighted by Gasteiger charge is 2.32. The van der Waals surface area contributed by atoms with E-state index in [1.165, 1.54) is 12.8 Å². The molecule has 2 aliphatic heterocycles. The van der Waals surface area contributed by atoms with Gasteiger partial charge in [0.1, 0.15) is 0 Å². The zero-order valence-corrected chi connectivity index (χ0v) is 11.4. The second-order valence-electron chi connectivity index (χ2n) is 5.71. The summed E-state index contributed by atoms with van der Waals surface area (Å²) in [4.78, 5) is 13.8. The van der Waals surface area contributed by atoms with Crippen LogP contribution in [-0.4, -0.2) is 48.2 Å². The molecule has 4 nitrogen and oxygen atoms in total. The third-order valence-electron chi connectivity index (χ3n) is 4.73. The summed E-state index contributed by atoms with van der Waals surface area (Å²) in [7, 11) is 0. The van der Waals surface area contributed by atoms with E-state index < -0.39 is 5.97 Å². The highest BCUT2D eigenvalue weighted by molar-refractivity contribution is 5.70. The molecule has 0 aliphatic carbocycles. The van der Waals surface area contributed by atoms with Gasteiger partial charge in [-0.1, -0.05) is 6.92 Å². The van der Waals surface area contributed by atoms with Crippen LogP contribution in [0.15, 0.2) is 0 Å². The maximum Gasteiger partial charge on any atom is 0.306 e. The molecule has 1 atom stereocenters. The van der Waals surface area contributed by atoms with Gasteiger partial charge in [0.15, 0.2) is 0 Å². The maximum absolute atomic E-state index is 11.2. The summed E-state index contributed by atoms with van der Waals surface area (Å²) in [6.07, 6.45) is 5.40. The molecule has 2 N–H and O–H groups in total. The van der Waals surface area contributed by atoms with Crippen molar-refractivity contribution in [2.75, 3.05) is 26.2 Å². The number of carbonyl (C=O) groups is 1. The van der Waals surface area contributed by atoms with Crippen LogP contribution in [0.2, 0.25) is 0 Å². The second kappa shape index (κ2) is 6.53. The fourth-order valence-electron chi connectivity index (χ4n) is 3.57. The van der Waals surface area contributed by atoms with Gasteiger partial charge in [-0.15, -0.1) is 0 Å². The van der Waals surface area contributed by atoms with Crippen LogP contribution < -0.4 is 5.32 Å². The van der Waals surface area contributed by atoms with E-state index in [2.05, 4.69) is 10.2 Å². The van der Waals surface area contributed by atoms with Gasteiger partial charge in [0.2, 0.25) is 0 Å². The van der Waals surface area contributed by atoms with Crippen LogP contribution in [-0.2, 0) is 4.79 Å². The predicted molar refractivity (Wildman–Crippen MR) is 71.6 cm³/mol. The molecule has 4 heteroatoms. The average Bonchev–Trinajstić information content (AvgIpc) is 2.41. The molecule has 0 aromatic heterocycles. The fourth-order valence-corrected chi connectivity index (χ4v) is 3.57. The van der Waals surface area contributed by atoms with E-state index in [1.54, 1.807) is 0 Å². The molecular weight excluding hydrogens is 228 g/mol. The molecule has 0 bridgehead atoms. The van der Waals surface area contributed by atoms with Crippen molar-refractivity contribution >= 4 is 5.97 Å². The smallest absolute Gasteiger partial charge is 0.306 e. The molecule has 0 amide bonds. The van der Waals surface area contributed by atoms with E-state index in [9.17, 15) is 9.90 Å². The average molecular weight is 254 g/mol. The van der Waals surface area contributed by atoms with Gasteiger partial charge in [-0.2, -0.15) is 0 Å². The Labute approximate surface area is 110 Å². The minimum absolute atomic E-state index is 0.125. The van der Waals surface area contributed by atoms with Gasteiger partial charge in [0.05, 0.1) is 5.92 Å². The van der Waals surface area contributed by atoms with E-state index >= 15 is 0 Å². The number of hydrogen-bond donors (Lipinski definition) is 2. The Bertz CT molecular complexity index is 269. The van der Waals surface area contributed by atoms with Crippen molar-refractivity contribution in [1.29, 1.82) is 0 Å². The lowest BCUT2D eigenvalue weighted by Crippen LogP contribution is -2.47. The predicted octanol–water partition coefficient (Wildman–Crippen LogP) is 1.56. The zero-order chi connectivity index (χ0) is 13.0. The first-order chi connectivity index (χ1) is 8.72. The van der Waals surface area contributed by atoms with Crippen molar-refractivity contribution in [3.8, 4) is 0 Å². The van der Waals surface area contributed by atoms with Crippen LogP contribution in [0.3, 0.4) is 0 Å². The summed E-state index contributed by atoms with van der Waals surface area (Å²) >= 11 is 0. The van der Waals surface area contributed by atoms with Gasteiger partial charge in [0, 0.05) is 6.04 Å². The van der Waals surface area contributed by atoms with Crippen molar-refractivity contribution in [3.63, 3.8) is 0 Å². The number of rotatable bonds is 4. The summed E-state index contributed by atoms with van der Waals surface area (Å²) in [5, 5.41) is 12.6. The standard InChI is InChI=1S/C14H26N2O2/c1-2-13(14(17)18)11-5-9-16(10-6-11)12-3-7-15-8-4-12/h11-13,15H,2-10H2,1H3,(H,17,18). The molecule has 2 saturated heterocycles. The fraction of sp³-hybridized carbons (Fsp3) is 0.929. The Morgan fingerprint density at radius 3 is 2.39 bits per heavy atom. The van der Waals surface area contributed by atoms with Crippen molar-refractivity contribution in [1.82, 2.24) is 10.2 Å². The van der Waals surface area contributed by atoms with Gasteiger partial charge in [-0.25, -0.2) is 0 Å². The summed E-state index contributed by atoms with van der Waals surface area (Å²) < 4.78 is 0. The largest absolute Gasteiger partial charge is 0.481 e. The Morgan fingerprint density at radius 1 is 1.28 bits per heavy atom. The monoisotopic (exact) mass is 254 g/mol. The van der Waals surface area contributed by atoms with Gasteiger partial charge in [-0.05, 0) is 64.2 Å². The highest BCUT2D eigenvalue weighted by Crippen LogP contribution is 2.29. The summed E-state index contributed by atoms with van der Waals surface area (Å²) in [5.41, 5.74) is 0. The molecule has 2 heterocycles. The number of nitrogens with one attached hydrogen (secondary N) is 1. The maximum atomic E-state index is 11.2. The molecule has 0 saturated carbocycles. The first-order valence-corrected chi connectivity index (χ1v) is 7.40. The lowest BCUT2D eigenvalue weighted by atomic mass is 9.82. The number of aliphatic carboxylic acids is 1. The Balaban J connectivity index is 1.81. The van der Waals surface area contributed by atoms with Gasteiger partial charge >= 0.3 is 5.97 Å². The van der Waals surface area contributed by atoms with Crippen LogP contribution in [0.25, 0.3) is 0 Å². The number of carboxylic acids is 1. The van der Waals surface area contributed by atoms with E-state index in [0.717, 1.165) is 51.5 Å². The number of carboxylic acid groups (broad SMARTS) is 1. The number of hydrogen-bond acceptors (Lipinski definition) is 3. The number of piperidine rings is 2. The molecule has 2 fully saturated rings. The zero-order valence-electron chi connectivity index (χ0n) is 11.4. The number of likely N-dealkylation sites (tertiary alicyclic amines) is 1. The van der Waals surface area contributed by atoms with Crippen LogP contribution in [0, 0.1) is 11.8 Å². The lowest BCUT2D eigenvalue weighted by Gasteiger charge is -2.40. The van der Waals surface area contributed by atoms with E-state index in [1.807, 2.05) is 6.92 Å². The van der Waals surface area contributed by atoms with E-state index in [0.29, 0.717) is 5.92 Å². The molecule has 1 unspecified atom stereocenters. The van der Waals surface area contributed by atoms with E-state index in [4.69, 9.17) is 0 Å².